The van der Waals surface area contributed by atoms with Crippen LogP contribution in [-0.2, 0) is 7.05 Å². The summed E-state index contributed by atoms with van der Waals surface area (Å²) in [6, 6.07) is 1.78. The summed E-state index contributed by atoms with van der Waals surface area (Å²) in [5.41, 5.74) is 6.98. The summed E-state index contributed by atoms with van der Waals surface area (Å²) in [4.78, 5) is 3.95. The molecule has 0 aliphatic rings. The number of aryl methyl sites for hydroxylation is 1. The number of nitrogen functional groups attached to an aromatic ring is 1. The van der Waals surface area contributed by atoms with Crippen LogP contribution in [0.25, 0.3) is 11.4 Å². The lowest BCUT2D eigenvalue weighted by Gasteiger charge is -1.98. The number of aromatic nitrogens is 5. The van der Waals surface area contributed by atoms with E-state index in [1.165, 1.54) is 0 Å². The van der Waals surface area contributed by atoms with Crippen molar-refractivity contribution in [3.8, 4) is 11.4 Å². The van der Waals surface area contributed by atoms with Gasteiger partial charge in [-0.1, -0.05) is 0 Å². The number of anilines is 1. The van der Waals surface area contributed by atoms with Crippen molar-refractivity contribution < 1.29 is 0 Å². The van der Waals surface area contributed by atoms with Crippen molar-refractivity contribution in [3.05, 3.63) is 18.5 Å². The van der Waals surface area contributed by atoms with Gasteiger partial charge in [-0.25, -0.2) is 4.68 Å². The lowest BCUT2D eigenvalue weighted by Crippen LogP contribution is -1.96. The lowest BCUT2D eigenvalue weighted by molar-refractivity contribution is 0.714. The van der Waals surface area contributed by atoms with E-state index in [-0.39, 0.29) is 0 Å². The number of pyridine rings is 1. The van der Waals surface area contributed by atoms with E-state index in [2.05, 4.69) is 20.5 Å². The summed E-state index contributed by atoms with van der Waals surface area (Å²) in [5, 5.41) is 11.1. The molecule has 0 aromatic carbocycles. The minimum atomic E-state index is 0.598. The molecule has 66 valence electrons. The summed E-state index contributed by atoms with van der Waals surface area (Å²) >= 11 is 0. The van der Waals surface area contributed by atoms with E-state index >= 15 is 0 Å². The van der Waals surface area contributed by atoms with Gasteiger partial charge < -0.3 is 5.73 Å². The van der Waals surface area contributed by atoms with Crippen molar-refractivity contribution >= 4 is 5.69 Å². The molecule has 0 atom stereocenters. The normalized spacial score (nSPS) is 10.2. The van der Waals surface area contributed by atoms with Crippen LogP contribution in [0.4, 0.5) is 5.69 Å². The number of nitrogens with zero attached hydrogens (tertiary/aromatic N) is 5. The lowest BCUT2D eigenvalue weighted by atomic mass is 10.2. The third-order valence-corrected chi connectivity index (χ3v) is 1.64. The monoisotopic (exact) mass is 176 g/mol. The van der Waals surface area contributed by atoms with Crippen LogP contribution >= 0.6 is 0 Å². The molecule has 2 N–H and O–H groups in total. The molecule has 0 radical (unpaired) electrons. The number of hydrogen-bond acceptors (Lipinski definition) is 5. The molecule has 2 rings (SSSR count). The van der Waals surface area contributed by atoms with Gasteiger partial charge in [-0.15, -0.1) is 5.10 Å². The van der Waals surface area contributed by atoms with E-state index in [1.54, 1.807) is 30.2 Å². The molecule has 6 heteroatoms. The van der Waals surface area contributed by atoms with Gasteiger partial charge in [0, 0.05) is 25.0 Å². The highest BCUT2D eigenvalue weighted by atomic mass is 15.5. The average molecular weight is 176 g/mol. The predicted molar refractivity (Wildman–Crippen MR) is 46.4 cm³/mol. The first-order valence-electron chi connectivity index (χ1n) is 3.70. The van der Waals surface area contributed by atoms with Crippen LogP contribution in [0.2, 0.25) is 0 Å². The number of rotatable bonds is 1. The first-order chi connectivity index (χ1) is 6.27. The second-order valence-corrected chi connectivity index (χ2v) is 2.63. The Hall–Kier alpha value is -1.98. The topological polar surface area (TPSA) is 82.5 Å². The largest absolute Gasteiger partial charge is 0.397 e. The number of nitrogens with two attached hydrogens (primary N) is 1. The Morgan fingerprint density at radius 3 is 2.85 bits per heavy atom. The van der Waals surface area contributed by atoms with Crippen molar-refractivity contribution in [1.82, 2.24) is 25.2 Å². The van der Waals surface area contributed by atoms with E-state index in [9.17, 15) is 0 Å². The van der Waals surface area contributed by atoms with Gasteiger partial charge in [0.2, 0.25) is 0 Å². The standard InChI is InChI=1S/C7H8N6/c1-13-7(10-11-12-13)5-2-6(8)4-9-3-5/h2-4H,8H2,1H3. The van der Waals surface area contributed by atoms with Crippen LogP contribution in [0, 0.1) is 0 Å². The molecule has 0 amide bonds. The maximum Gasteiger partial charge on any atom is 0.183 e. The third-order valence-electron chi connectivity index (χ3n) is 1.64. The van der Waals surface area contributed by atoms with Crippen molar-refractivity contribution in [1.29, 1.82) is 0 Å². The highest BCUT2D eigenvalue weighted by molar-refractivity contribution is 5.58. The fourth-order valence-electron chi connectivity index (χ4n) is 1.05. The molecule has 0 aliphatic heterocycles. The zero-order valence-corrected chi connectivity index (χ0v) is 7.05. The number of tetrazole rings is 1. The molecule has 2 heterocycles. The molecular weight excluding hydrogens is 168 g/mol. The van der Waals surface area contributed by atoms with Gasteiger partial charge in [0.25, 0.3) is 0 Å². The van der Waals surface area contributed by atoms with Crippen molar-refractivity contribution in [3.63, 3.8) is 0 Å². The Labute approximate surface area is 74.4 Å². The Bertz CT molecular complexity index is 420. The summed E-state index contributed by atoms with van der Waals surface area (Å²) in [7, 11) is 1.76. The molecule has 0 saturated carbocycles. The Balaban J connectivity index is 2.53. The molecule has 0 fully saturated rings. The van der Waals surface area contributed by atoms with E-state index in [0.717, 1.165) is 5.56 Å². The molecule has 0 saturated heterocycles. The second-order valence-electron chi connectivity index (χ2n) is 2.63. The van der Waals surface area contributed by atoms with Gasteiger partial charge in [0.1, 0.15) is 0 Å². The van der Waals surface area contributed by atoms with Gasteiger partial charge in [-0.05, 0) is 16.5 Å². The second kappa shape index (κ2) is 2.81. The van der Waals surface area contributed by atoms with Crippen LogP contribution in [0.1, 0.15) is 0 Å². The van der Waals surface area contributed by atoms with E-state index < -0.39 is 0 Å². The van der Waals surface area contributed by atoms with Crippen LogP contribution in [0.15, 0.2) is 18.5 Å². The van der Waals surface area contributed by atoms with Crippen LogP contribution < -0.4 is 5.73 Å². The van der Waals surface area contributed by atoms with E-state index in [4.69, 9.17) is 5.73 Å². The average Bonchev–Trinajstić information content (AvgIpc) is 2.51. The molecule has 0 unspecified atom stereocenters. The maximum absolute atomic E-state index is 5.57. The van der Waals surface area contributed by atoms with E-state index in [1.807, 2.05) is 0 Å². The van der Waals surface area contributed by atoms with Crippen molar-refractivity contribution in [2.45, 2.75) is 0 Å². The van der Waals surface area contributed by atoms with Crippen molar-refractivity contribution in [2.24, 2.45) is 7.05 Å². The molecule has 2 aromatic heterocycles. The SMILES string of the molecule is Cn1nnnc1-c1cncc(N)c1. The summed E-state index contributed by atoms with van der Waals surface area (Å²) < 4.78 is 1.57. The minimum Gasteiger partial charge on any atom is -0.397 e. The van der Waals surface area contributed by atoms with Crippen molar-refractivity contribution in [2.75, 3.05) is 5.73 Å². The van der Waals surface area contributed by atoms with Gasteiger partial charge in [0.05, 0.1) is 5.69 Å². The maximum atomic E-state index is 5.57. The zero-order chi connectivity index (χ0) is 9.26. The first-order valence-corrected chi connectivity index (χ1v) is 3.70. The van der Waals surface area contributed by atoms with E-state index in [0.29, 0.717) is 11.5 Å². The highest BCUT2D eigenvalue weighted by Gasteiger charge is 2.05. The van der Waals surface area contributed by atoms with Crippen LogP contribution in [0.5, 0.6) is 0 Å². The molecule has 2 aromatic rings. The molecule has 0 aliphatic carbocycles. The zero-order valence-electron chi connectivity index (χ0n) is 7.05. The van der Waals surface area contributed by atoms with Gasteiger partial charge in [0.15, 0.2) is 5.82 Å². The molecule has 0 bridgehead atoms. The van der Waals surface area contributed by atoms with Gasteiger partial charge in [-0.2, -0.15) is 0 Å². The highest BCUT2D eigenvalue weighted by Crippen LogP contribution is 2.15. The van der Waals surface area contributed by atoms with Gasteiger partial charge >= 0.3 is 0 Å². The molecular formula is C7H8N6. The van der Waals surface area contributed by atoms with Crippen LogP contribution in [0.3, 0.4) is 0 Å². The fourth-order valence-corrected chi connectivity index (χ4v) is 1.05. The predicted octanol–water partition coefficient (Wildman–Crippen LogP) is -0.146. The fraction of sp³-hybridized carbons (Fsp3) is 0.143. The molecule has 6 nitrogen and oxygen atoms in total. The summed E-state index contributed by atoms with van der Waals surface area (Å²) in [6.07, 6.45) is 3.25. The Morgan fingerprint density at radius 1 is 1.38 bits per heavy atom. The van der Waals surface area contributed by atoms with Gasteiger partial charge in [-0.3, -0.25) is 4.98 Å². The smallest absolute Gasteiger partial charge is 0.183 e. The quantitative estimate of drug-likeness (QED) is 0.653. The molecule has 0 spiro atoms. The molecule has 13 heavy (non-hydrogen) atoms. The summed E-state index contributed by atoms with van der Waals surface area (Å²) in [6.45, 7) is 0. The number of hydrogen-bond donors (Lipinski definition) is 1. The Kier molecular flexibility index (Phi) is 1.66. The third kappa shape index (κ3) is 1.33. The minimum absolute atomic E-state index is 0.598. The Morgan fingerprint density at radius 2 is 2.23 bits per heavy atom. The van der Waals surface area contributed by atoms with Crippen LogP contribution in [-0.4, -0.2) is 25.2 Å². The summed E-state index contributed by atoms with van der Waals surface area (Å²) in [5.74, 6) is 0.653. The first kappa shape index (κ1) is 7.66.